The minimum atomic E-state index is -0.0816. The first kappa shape index (κ1) is 11.7. The highest BCUT2D eigenvalue weighted by Crippen LogP contribution is 2.19. The van der Waals surface area contributed by atoms with Gasteiger partial charge in [0, 0.05) is 27.1 Å². The first-order valence-electron chi connectivity index (χ1n) is 4.92. The predicted molar refractivity (Wildman–Crippen MR) is 62.3 cm³/mol. The van der Waals surface area contributed by atoms with Crippen LogP contribution in [0.1, 0.15) is 14.7 Å². The highest BCUT2D eigenvalue weighted by atomic mass is 33.1. The second-order valence-corrected chi connectivity index (χ2v) is 4.94. The average molecular weight is 238 g/mol. The van der Waals surface area contributed by atoms with E-state index >= 15 is 0 Å². The fraction of sp³-hybridized carbons (Fsp3) is 0.750. The van der Waals surface area contributed by atoms with Gasteiger partial charge in [-0.25, -0.2) is 0 Å². The van der Waals surface area contributed by atoms with Gasteiger partial charge in [-0.3, -0.25) is 9.59 Å². The lowest BCUT2D eigenvalue weighted by molar-refractivity contribution is -0.120. The molecule has 0 bridgehead atoms. The van der Waals surface area contributed by atoms with Gasteiger partial charge in [0.05, 0.1) is 5.75 Å². The summed E-state index contributed by atoms with van der Waals surface area (Å²) in [7, 11) is 4.62. The Morgan fingerprint density at radius 2 is 2.14 bits per heavy atom. The summed E-state index contributed by atoms with van der Waals surface area (Å²) in [6, 6.07) is 0. The van der Waals surface area contributed by atoms with Crippen molar-refractivity contribution in [1.29, 1.82) is 0 Å². The summed E-state index contributed by atoms with van der Waals surface area (Å²) in [6.45, 7) is 0.717. The molecule has 0 rings (SSSR count). The lowest BCUT2D eigenvalue weighted by atomic mass is 10.4. The molecular weight excluding hydrogens is 220 g/mol. The molecule has 6 heteroatoms. The lowest BCUT2D eigenvalue weighted by Crippen LogP contribution is -2.24. The molecule has 2 amide bonds. The molecule has 4 nitrogen and oxygen atoms in total. The van der Waals surface area contributed by atoms with Crippen molar-refractivity contribution in [3.05, 3.63) is 0 Å². The zero-order valence-corrected chi connectivity index (χ0v) is 9.80. The molecule has 0 radical (unpaired) electrons. The van der Waals surface area contributed by atoms with Crippen LogP contribution in [-0.2, 0) is 9.59 Å². The molecule has 0 aliphatic carbocycles. The van der Waals surface area contributed by atoms with Gasteiger partial charge < -0.3 is 10.6 Å². The van der Waals surface area contributed by atoms with E-state index in [-0.39, 0.29) is 25.1 Å². The van der Waals surface area contributed by atoms with Crippen molar-refractivity contribution in [3.63, 3.8) is 0 Å². The van der Waals surface area contributed by atoms with Crippen LogP contribution in [0.3, 0.4) is 0 Å². The number of hydrogen-bond donors (Lipinski definition) is 2. The van der Waals surface area contributed by atoms with E-state index in [1.807, 2.05) is 0 Å². The fourth-order valence-electron chi connectivity index (χ4n) is 0.547. The van der Waals surface area contributed by atoms with E-state index in [1.54, 1.807) is 17.8 Å². The SMILES string of the molecule is [3H]CCC(=O)NCCSSCC(=O)NC. The van der Waals surface area contributed by atoms with E-state index in [4.69, 9.17) is 1.37 Å². The summed E-state index contributed by atoms with van der Waals surface area (Å²) in [5.74, 6) is 1.13. The van der Waals surface area contributed by atoms with Gasteiger partial charge in [-0.1, -0.05) is 28.5 Å². The standard InChI is InChI=1S/C8H16N2O2S2/c1-3-7(11)10-4-5-13-14-6-8(12)9-2/h3-6H2,1-2H3,(H,9,12)(H,10,11)/i1T. The third-order valence-corrected chi connectivity index (χ3v) is 3.56. The lowest BCUT2D eigenvalue weighted by Gasteiger charge is -2.02. The molecule has 0 aromatic carbocycles. The van der Waals surface area contributed by atoms with E-state index in [2.05, 4.69) is 10.6 Å². The summed E-state index contributed by atoms with van der Waals surface area (Å²) in [5, 5.41) is 5.22. The van der Waals surface area contributed by atoms with Gasteiger partial charge in [0.25, 0.3) is 0 Å². The van der Waals surface area contributed by atoms with Crippen LogP contribution in [-0.4, -0.2) is 36.9 Å². The molecule has 0 heterocycles. The van der Waals surface area contributed by atoms with E-state index in [1.165, 1.54) is 10.8 Å². The van der Waals surface area contributed by atoms with Crippen molar-refractivity contribution in [2.24, 2.45) is 0 Å². The van der Waals surface area contributed by atoms with Crippen LogP contribution in [0.2, 0.25) is 0 Å². The number of amides is 2. The smallest absolute Gasteiger partial charge is 0.230 e. The molecule has 0 unspecified atom stereocenters. The Labute approximate surface area is 93.8 Å². The largest absolute Gasteiger partial charge is 0.358 e. The maximum Gasteiger partial charge on any atom is 0.230 e. The summed E-state index contributed by atoms with van der Waals surface area (Å²) in [5.41, 5.74) is 0. The Morgan fingerprint density at radius 3 is 2.79 bits per heavy atom. The van der Waals surface area contributed by atoms with Crippen LogP contribution in [0.25, 0.3) is 0 Å². The van der Waals surface area contributed by atoms with Crippen molar-refractivity contribution >= 4 is 33.4 Å². The molecule has 0 aromatic heterocycles. The summed E-state index contributed by atoms with van der Waals surface area (Å²) < 4.78 is 6.83. The normalized spacial score (nSPS) is 10.5. The van der Waals surface area contributed by atoms with Crippen LogP contribution in [0, 0.1) is 0 Å². The molecule has 0 atom stereocenters. The van der Waals surface area contributed by atoms with Gasteiger partial charge in [0.15, 0.2) is 0 Å². The molecule has 0 saturated carbocycles. The quantitative estimate of drug-likeness (QED) is 0.505. The number of hydrogen-bond acceptors (Lipinski definition) is 4. The minimum Gasteiger partial charge on any atom is -0.358 e. The monoisotopic (exact) mass is 238 g/mol. The van der Waals surface area contributed by atoms with Gasteiger partial charge in [0.1, 0.15) is 0 Å². The van der Waals surface area contributed by atoms with Crippen LogP contribution < -0.4 is 10.6 Å². The Balaban J connectivity index is 3.18. The van der Waals surface area contributed by atoms with Crippen molar-refractivity contribution in [2.45, 2.75) is 13.3 Å². The van der Waals surface area contributed by atoms with Crippen LogP contribution in [0.5, 0.6) is 0 Å². The summed E-state index contributed by atoms with van der Waals surface area (Å²) in [6.07, 6.45) is 0.260. The van der Waals surface area contributed by atoms with E-state index in [9.17, 15) is 9.59 Å². The first-order valence-corrected chi connectivity index (χ1v) is 6.70. The van der Waals surface area contributed by atoms with E-state index < -0.39 is 0 Å². The topological polar surface area (TPSA) is 58.2 Å². The molecule has 0 aromatic rings. The van der Waals surface area contributed by atoms with Crippen molar-refractivity contribution < 1.29 is 11.0 Å². The van der Waals surface area contributed by atoms with E-state index in [0.29, 0.717) is 12.3 Å². The van der Waals surface area contributed by atoms with Gasteiger partial charge >= 0.3 is 0 Å². The second kappa shape index (κ2) is 9.21. The van der Waals surface area contributed by atoms with Crippen molar-refractivity contribution in [1.82, 2.24) is 10.6 Å². The molecule has 0 spiro atoms. The van der Waals surface area contributed by atoms with Crippen molar-refractivity contribution in [3.8, 4) is 0 Å². The van der Waals surface area contributed by atoms with Crippen LogP contribution in [0.4, 0.5) is 0 Å². The van der Waals surface area contributed by atoms with Crippen molar-refractivity contribution in [2.75, 3.05) is 25.1 Å². The maximum absolute atomic E-state index is 10.9. The molecule has 0 saturated heterocycles. The molecular formula is C8H16N2O2S2. The first-order chi connectivity index (χ1) is 7.20. The van der Waals surface area contributed by atoms with Gasteiger partial charge in [-0.05, 0) is 0 Å². The molecule has 82 valence electrons. The third-order valence-electron chi connectivity index (χ3n) is 1.29. The predicted octanol–water partition coefficient (Wildman–Crippen LogP) is 0.640. The molecule has 14 heavy (non-hydrogen) atoms. The zero-order valence-electron chi connectivity index (χ0n) is 9.17. The highest BCUT2D eigenvalue weighted by molar-refractivity contribution is 8.76. The number of carbonyl (C=O) groups is 2. The summed E-state index contributed by atoms with van der Waals surface area (Å²) >= 11 is 0. The number of carbonyl (C=O) groups excluding carboxylic acids is 2. The van der Waals surface area contributed by atoms with Gasteiger partial charge in [-0.2, -0.15) is 0 Å². The molecule has 0 aliphatic rings. The molecule has 2 N–H and O–H groups in total. The Hall–Kier alpha value is -0.360. The Bertz CT molecular complexity index is 205. The van der Waals surface area contributed by atoms with Crippen LogP contribution in [0.15, 0.2) is 0 Å². The molecule has 0 aliphatic heterocycles. The Kier molecular flexibility index (Phi) is 7.70. The highest BCUT2D eigenvalue weighted by Gasteiger charge is 1.99. The maximum atomic E-state index is 10.9. The minimum absolute atomic E-state index is 0.00532. The summed E-state index contributed by atoms with van der Waals surface area (Å²) in [4.78, 5) is 21.7. The average Bonchev–Trinajstić information content (AvgIpc) is 2.23. The molecule has 0 fully saturated rings. The fourth-order valence-corrected chi connectivity index (χ4v) is 2.36. The third kappa shape index (κ3) is 8.25. The van der Waals surface area contributed by atoms with Gasteiger partial charge in [-0.15, -0.1) is 0 Å². The van der Waals surface area contributed by atoms with E-state index in [0.717, 1.165) is 5.75 Å². The number of nitrogens with one attached hydrogen (secondary N) is 2. The Morgan fingerprint density at radius 1 is 1.36 bits per heavy atom. The van der Waals surface area contributed by atoms with Gasteiger partial charge in [0.2, 0.25) is 11.8 Å². The zero-order chi connectivity index (χ0) is 11.5. The second-order valence-electron chi connectivity index (χ2n) is 2.36. The van der Waals surface area contributed by atoms with Crippen LogP contribution >= 0.6 is 21.6 Å². The number of rotatable bonds is 7.